The van der Waals surface area contributed by atoms with E-state index >= 15 is 0 Å². The van der Waals surface area contributed by atoms with Crippen molar-refractivity contribution >= 4 is 45.0 Å². The fourth-order valence-electron chi connectivity index (χ4n) is 3.73. The molecule has 0 saturated carbocycles. The number of anilines is 2. The molecule has 2 aliphatic rings. The SMILES string of the molecule is Cc1ccc(NS(=O)(=O)c2ccc3c(c2)NC(=O)[C@@H](CC(=O)N2CCCC2)CS3)cc1F. The van der Waals surface area contributed by atoms with Gasteiger partial charge in [0, 0.05) is 30.2 Å². The van der Waals surface area contributed by atoms with Crippen LogP contribution in [-0.2, 0) is 19.6 Å². The van der Waals surface area contributed by atoms with Crippen molar-refractivity contribution in [2.45, 2.75) is 36.0 Å². The van der Waals surface area contributed by atoms with Crippen molar-refractivity contribution < 1.29 is 22.4 Å². The lowest BCUT2D eigenvalue weighted by Crippen LogP contribution is -2.33. The van der Waals surface area contributed by atoms with Gasteiger partial charge < -0.3 is 10.2 Å². The van der Waals surface area contributed by atoms with Crippen LogP contribution in [0.2, 0.25) is 0 Å². The third-order valence-electron chi connectivity index (χ3n) is 5.63. The quantitative estimate of drug-likeness (QED) is 0.686. The Morgan fingerprint density at radius 3 is 2.69 bits per heavy atom. The van der Waals surface area contributed by atoms with Crippen molar-refractivity contribution in [2.24, 2.45) is 5.92 Å². The standard InChI is InChI=1S/C22H24FN3O4S2/c1-14-4-5-16(11-18(14)23)25-32(29,30)17-6-7-20-19(12-17)24-22(28)15(13-31-20)10-21(27)26-8-2-3-9-26/h4-7,11-12,15,25H,2-3,8-10,13H2,1H3,(H,24,28)/t15-/m0/s1. The molecule has 32 heavy (non-hydrogen) atoms. The first-order valence-electron chi connectivity index (χ1n) is 10.4. The van der Waals surface area contributed by atoms with Gasteiger partial charge in [-0.15, -0.1) is 11.8 Å². The summed E-state index contributed by atoms with van der Waals surface area (Å²) < 4.78 is 41.8. The summed E-state index contributed by atoms with van der Waals surface area (Å²) in [5.74, 6) is -0.885. The van der Waals surface area contributed by atoms with Gasteiger partial charge in [-0.05, 0) is 55.7 Å². The number of nitrogens with one attached hydrogen (secondary N) is 2. The van der Waals surface area contributed by atoms with Crippen molar-refractivity contribution in [1.29, 1.82) is 0 Å². The first-order chi connectivity index (χ1) is 15.2. The molecule has 2 aromatic carbocycles. The molecule has 2 aliphatic heterocycles. The number of aryl methyl sites for hydroxylation is 1. The van der Waals surface area contributed by atoms with Crippen LogP contribution in [0.5, 0.6) is 0 Å². The summed E-state index contributed by atoms with van der Waals surface area (Å²) in [5, 5.41) is 2.78. The molecule has 2 N–H and O–H groups in total. The zero-order valence-corrected chi connectivity index (χ0v) is 19.2. The highest BCUT2D eigenvalue weighted by molar-refractivity contribution is 7.99. The van der Waals surface area contributed by atoms with Gasteiger partial charge >= 0.3 is 0 Å². The van der Waals surface area contributed by atoms with Crippen LogP contribution in [0.4, 0.5) is 15.8 Å². The summed E-state index contributed by atoms with van der Waals surface area (Å²) >= 11 is 1.41. The fourth-order valence-corrected chi connectivity index (χ4v) is 5.88. The molecule has 0 aromatic heterocycles. The molecule has 7 nitrogen and oxygen atoms in total. The second-order valence-electron chi connectivity index (χ2n) is 8.02. The molecule has 1 saturated heterocycles. The Balaban J connectivity index is 1.50. The largest absolute Gasteiger partial charge is 0.343 e. The molecule has 170 valence electrons. The van der Waals surface area contributed by atoms with Gasteiger partial charge in [-0.1, -0.05) is 6.07 Å². The maximum absolute atomic E-state index is 13.8. The summed E-state index contributed by atoms with van der Waals surface area (Å²) in [5.41, 5.74) is 0.909. The number of amides is 2. The van der Waals surface area contributed by atoms with Gasteiger partial charge in [0.25, 0.3) is 10.0 Å². The van der Waals surface area contributed by atoms with Crippen LogP contribution in [0.3, 0.4) is 0 Å². The maximum atomic E-state index is 13.8. The first-order valence-corrected chi connectivity index (χ1v) is 12.8. The van der Waals surface area contributed by atoms with Gasteiger partial charge in [-0.25, -0.2) is 12.8 Å². The van der Waals surface area contributed by atoms with Gasteiger partial charge in [0.2, 0.25) is 11.8 Å². The minimum atomic E-state index is -3.99. The average molecular weight is 478 g/mol. The van der Waals surface area contributed by atoms with E-state index in [2.05, 4.69) is 10.0 Å². The summed E-state index contributed by atoms with van der Waals surface area (Å²) in [6, 6.07) is 8.56. The van der Waals surface area contributed by atoms with Crippen molar-refractivity contribution in [3.8, 4) is 0 Å². The molecule has 0 unspecified atom stereocenters. The Labute approximate surface area is 190 Å². The number of halogens is 1. The van der Waals surface area contributed by atoms with E-state index < -0.39 is 21.8 Å². The zero-order valence-electron chi connectivity index (χ0n) is 17.6. The van der Waals surface area contributed by atoms with Crippen LogP contribution in [0.1, 0.15) is 24.8 Å². The summed E-state index contributed by atoms with van der Waals surface area (Å²) in [7, 11) is -3.99. The molecular formula is C22H24FN3O4S2. The second kappa shape index (κ2) is 9.11. The third kappa shape index (κ3) is 4.91. The lowest BCUT2D eigenvalue weighted by Gasteiger charge is -2.18. The van der Waals surface area contributed by atoms with E-state index in [0.29, 0.717) is 17.0 Å². The maximum Gasteiger partial charge on any atom is 0.261 e. The van der Waals surface area contributed by atoms with Crippen LogP contribution in [0, 0.1) is 18.7 Å². The van der Waals surface area contributed by atoms with E-state index in [1.807, 2.05) is 0 Å². The third-order valence-corrected chi connectivity index (χ3v) is 8.25. The predicted molar refractivity (Wildman–Crippen MR) is 122 cm³/mol. The zero-order chi connectivity index (χ0) is 22.9. The number of thioether (sulfide) groups is 1. The topological polar surface area (TPSA) is 95.6 Å². The van der Waals surface area contributed by atoms with E-state index in [-0.39, 0.29) is 28.8 Å². The summed E-state index contributed by atoms with van der Waals surface area (Å²) in [6.07, 6.45) is 2.12. The van der Waals surface area contributed by atoms with E-state index in [4.69, 9.17) is 0 Å². The number of carbonyl (C=O) groups is 2. The van der Waals surface area contributed by atoms with Crippen molar-refractivity contribution in [3.63, 3.8) is 0 Å². The Hall–Kier alpha value is -2.59. The molecule has 1 fully saturated rings. The van der Waals surface area contributed by atoms with Gasteiger partial charge in [-0.2, -0.15) is 0 Å². The van der Waals surface area contributed by atoms with Crippen molar-refractivity contribution in [3.05, 3.63) is 47.8 Å². The molecule has 10 heteroatoms. The van der Waals surface area contributed by atoms with Gasteiger partial charge in [-0.3, -0.25) is 14.3 Å². The predicted octanol–water partition coefficient (Wildman–Crippen LogP) is 3.61. The Kier molecular flexibility index (Phi) is 6.43. The highest BCUT2D eigenvalue weighted by Crippen LogP contribution is 2.35. The minimum Gasteiger partial charge on any atom is -0.343 e. The Morgan fingerprint density at radius 2 is 1.97 bits per heavy atom. The molecule has 2 heterocycles. The lowest BCUT2D eigenvalue weighted by atomic mass is 10.1. The van der Waals surface area contributed by atoms with E-state index in [1.165, 1.54) is 36.0 Å². The second-order valence-corrected chi connectivity index (χ2v) is 10.8. The minimum absolute atomic E-state index is 0.0213. The number of benzene rings is 2. The summed E-state index contributed by atoms with van der Waals surface area (Å²) in [6.45, 7) is 3.06. The summed E-state index contributed by atoms with van der Waals surface area (Å²) in [4.78, 5) is 27.7. The van der Waals surface area contributed by atoms with Crippen LogP contribution in [0.15, 0.2) is 46.2 Å². The highest BCUT2D eigenvalue weighted by atomic mass is 32.2. The highest BCUT2D eigenvalue weighted by Gasteiger charge is 2.30. The number of nitrogens with zero attached hydrogens (tertiary/aromatic N) is 1. The van der Waals surface area contributed by atoms with Crippen LogP contribution in [-0.4, -0.2) is 44.0 Å². The molecule has 1 atom stereocenters. The van der Waals surface area contributed by atoms with Gasteiger partial charge in [0.15, 0.2) is 0 Å². The van der Waals surface area contributed by atoms with E-state index in [1.54, 1.807) is 17.9 Å². The van der Waals surface area contributed by atoms with Crippen LogP contribution >= 0.6 is 11.8 Å². The molecule has 2 amide bonds. The van der Waals surface area contributed by atoms with E-state index in [0.717, 1.165) is 36.9 Å². The Bertz CT molecular complexity index is 1160. The number of fused-ring (bicyclic) bond motifs is 1. The molecule has 4 rings (SSSR count). The molecular weight excluding hydrogens is 453 g/mol. The van der Waals surface area contributed by atoms with Crippen molar-refractivity contribution in [1.82, 2.24) is 4.90 Å². The van der Waals surface area contributed by atoms with Gasteiger partial charge in [0.05, 0.1) is 22.2 Å². The van der Waals surface area contributed by atoms with Crippen LogP contribution in [0.25, 0.3) is 0 Å². The monoisotopic (exact) mass is 477 g/mol. The molecule has 0 spiro atoms. The number of rotatable bonds is 5. The first kappa shape index (κ1) is 22.6. The number of hydrogen-bond donors (Lipinski definition) is 2. The smallest absolute Gasteiger partial charge is 0.261 e. The number of hydrogen-bond acceptors (Lipinski definition) is 5. The normalized spacial score (nSPS) is 18.6. The number of likely N-dealkylation sites (tertiary alicyclic amines) is 1. The van der Waals surface area contributed by atoms with Crippen molar-refractivity contribution in [2.75, 3.05) is 28.9 Å². The lowest BCUT2D eigenvalue weighted by molar-refractivity contribution is -0.133. The Morgan fingerprint density at radius 1 is 1.22 bits per heavy atom. The molecule has 0 radical (unpaired) electrons. The molecule has 2 aromatic rings. The number of carbonyl (C=O) groups excluding carboxylic acids is 2. The number of sulfonamides is 1. The van der Waals surface area contributed by atoms with E-state index in [9.17, 15) is 22.4 Å². The molecule has 0 bridgehead atoms. The average Bonchev–Trinajstić information content (AvgIpc) is 3.24. The van der Waals surface area contributed by atoms with Gasteiger partial charge in [0.1, 0.15) is 5.82 Å². The fraction of sp³-hybridized carbons (Fsp3) is 0.364. The molecule has 0 aliphatic carbocycles. The van der Waals surface area contributed by atoms with Crippen LogP contribution < -0.4 is 10.0 Å².